The van der Waals surface area contributed by atoms with Crippen molar-refractivity contribution in [3.63, 3.8) is 0 Å². The fourth-order valence-corrected chi connectivity index (χ4v) is 1.51. The largest absolute Gasteiger partial charge is 0.358 e. The Bertz CT molecular complexity index is 568. The third kappa shape index (κ3) is 1.46. The van der Waals surface area contributed by atoms with Gasteiger partial charge in [-0.05, 0) is 34.5 Å². The maximum absolute atomic E-state index is 3.98. The molecule has 0 unspecified atom stereocenters. The van der Waals surface area contributed by atoms with Crippen LogP contribution in [0.2, 0.25) is 0 Å². The highest BCUT2D eigenvalue weighted by Gasteiger charge is 2.06. The summed E-state index contributed by atoms with van der Waals surface area (Å²) in [5, 5.41) is 13.7. The highest BCUT2D eigenvalue weighted by molar-refractivity contribution is 5.68. The molecular weight excluding hydrogens is 204 g/mol. The van der Waals surface area contributed by atoms with Gasteiger partial charge in [-0.15, -0.1) is 10.2 Å². The predicted molar refractivity (Wildman–Crippen MR) is 57.2 cm³/mol. The summed E-state index contributed by atoms with van der Waals surface area (Å²) in [6, 6.07) is 5.87. The second-order valence-electron chi connectivity index (χ2n) is 3.27. The molecule has 0 aliphatic carbocycles. The van der Waals surface area contributed by atoms with Crippen molar-refractivity contribution in [2.24, 2.45) is 0 Å². The Morgan fingerprint density at radius 2 is 1.94 bits per heavy atom. The van der Waals surface area contributed by atoms with Crippen LogP contribution in [0.4, 0.5) is 0 Å². The molecule has 78 valence electrons. The average Bonchev–Trinajstić information content (AvgIpc) is 3.01. The van der Waals surface area contributed by atoms with Gasteiger partial charge in [0.25, 0.3) is 0 Å². The van der Waals surface area contributed by atoms with Gasteiger partial charge in [-0.3, -0.25) is 4.98 Å². The van der Waals surface area contributed by atoms with E-state index < -0.39 is 0 Å². The van der Waals surface area contributed by atoms with Gasteiger partial charge in [0, 0.05) is 18.6 Å². The molecule has 0 radical (unpaired) electrons. The SMILES string of the molecule is c1cc(-c2c[nH]c(-c3nn[nH]n3)c2)ccn1. The molecule has 3 heterocycles. The third-order valence-corrected chi connectivity index (χ3v) is 2.28. The molecular formula is C10H8N6. The van der Waals surface area contributed by atoms with Crippen LogP contribution in [0.15, 0.2) is 36.8 Å². The third-order valence-electron chi connectivity index (χ3n) is 2.28. The van der Waals surface area contributed by atoms with Crippen molar-refractivity contribution in [2.75, 3.05) is 0 Å². The van der Waals surface area contributed by atoms with Crippen LogP contribution in [0, 0.1) is 0 Å². The number of hydrogen-bond acceptors (Lipinski definition) is 4. The number of nitrogens with zero attached hydrogens (tertiary/aromatic N) is 4. The van der Waals surface area contributed by atoms with Gasteiger partial charge in [0.1, 0.15) is 0 Å². The van der Waals surface area contributed by atoms with Crippen molar-refractivity contribution in [2.45, 2.75) is 0 Å². The molecule has 0 aromatic carbocycles. The molecule has 16 heavy (non-hydrogen) atoms. The molecule has 0 spiro atoms. The number of pyridine rings is 1. The van der Waals surface area contributed by atoms with Crippen LogP contribution >= 0.6 is 0 Å². The smallest absolute Gasteiger partial charge is 0.220 e. The zero-order chi connectivity index (χ0) is 10.8. The van der Waals surface area contributed by atoms with E-state index in [1.54, 1.807) is 12.4 Å². The van der Waals surface area contributed by atoms with E-state index in [4.69, 9.17) is 0 Å². The fourth-order valence-electron chi connectivity index (χ4n) is 1.51. The van der Waals surface area contributed by atoms with Gasteiger partial charge in [-0.2, -0.15) is 5.21 Å². The molecule has 0 amide bonds. The lowest BCUT2D eigenvalue weighted by atomic mass is 10.1. The minimum Gasteiger partial charge on any atom is -0.358 e. The summed E-state index contributed by atoms with van der Waals surface area (Å²) >= 11 is 0. The van der Waals surface area contributed by atoms with Crippen molar-refractivity contribution in [1.29, 1.82) is 0 Å². The second kappa shape index (κ2) is 3.58. The number of tetrazole rings is 1. The van der Waals surface area contributed by atoms with Crippen LogP contribution in [0.25, 0.3) is 22.6 Å². The van der Waals surface area contributed by atoms with Gasteiger partial charge in [0.05, 0.1) is 5.69 Å². The van der Waals surface area contributed by atoms with Crippen LogP contribution in [0.1, 0.15) is 0 Å². The van der Waals surface area contributed by atoms with E-state index in [0.717, 1.165) is 16.8 Å². The summed E-state index contributed by atoms with van der Waals surface area (Å²) in [5.41, 5.74) is 3.00. The maximum atomic E-state index is 3.98. The number of aromatic amines is 2. The fraction of sp³-hybridized carbons (Fsp3) is 0. The summed E-state index contributed by atoms with van der Waals surface area (Å²) in [5.74, 6) is 0.556. The number of rotatable bonds is 2. The lowest BCUT2D eigenvalue weighted by Crippen LogP contribution is -1.79. The van der Waals surface area contributed by atoms with Crippen LogP contribution in [-0.2, 0) is 0 Å². The standard InChI is InChI=1S/C10H8N6/c1-3-11-4-2-7(1)8-5-9(12-6-8)10-13-15-16-14-10/h1-6,12H,(H,13,14,15,16). The van der Waals surface area contributed by atoms with E-state index in [2.05, 4.69) is 30.6 Å². The van der Waals surface area contributed by atoms with Crippen LogP contribution < -0.4 is 0 Å². The van der Waals surface area contributed by atoms with Crippen LogP contribution in [-0.4, -0.2) is 30.6 Å². The number of aromatic nitrogens is 6. The van der Waals surface area contributed by atoms with Gasteiger partial charge in [0.2, 0.25) is 5.82 Å². The highest BCUT2D eigenvalue weighted by Crippen LogP contribution is 2.22. The summed E-state index contributed by atoms with van der Waals surface area (Å²) in [6.45, 7) is 0. The van der Waals surface area contributed by atoms with E-state index in [1.807, 2.05) is 24.4 Å². The Balaban J connectivity index is 2.00. The molecule has 0 aliphatic rings. The van der Waals surface area contributed by atoms with Gasteiger partial charge in [0.15, 0.2) is 0 Å². The zero-order valence-electron chi connectivity index (χ0n) is 8.25. The molecule has 0 fully saturated rings. The first kappa shape index (κ1) is 8.78. The van der Waals surface area contributed by atoms with E-state index in [9.17, 15) is 0 Å². The summed E-state index contributed by atoms with van der Waals surface area (Å²) in [4.78, 5) is 7.08. The van der Waals surface area contributed by atoms with Crippen LogP contribution in [0.5, 0.6) is 0 Å². The van der Waals surface area contributed by atoms with Crippen molar-refractivity contribution in [1.82, 2.24) is 30.6 Å². The molecule has 6 nitrogen and oxygen atoms in total. The molecule has 3 aromatic rings. The Hall–Kier alpha value is -2.50. The first-order valence-corrected chi connectivity index (χ1v) is 4.76. The predicted octanol–water partition coefficient (Wildman–Crippen LogP) is 1.26. The Morgan fingerprint density at radius 1 is 1.06 bits per heavy atom. The summed E-state index contributed by atoms with van der Waals surface area (Å²) < 4.78 is 0. The van der Waals surface area contributed by atoms with E-state index in [1.165, 1.54) is 0 Å². The lowest BCUT2D eigenvalue weighted by Gasteiger charge is -1.93. The molecule has 0 saturated heterocycles. The topological polar surface area (TPSA) is 83.1 Å². The number of hydrogen-bond donors (Lipinski definition) is 2. The van der Waals surface area contributed by atoms with E-state index in [-0.39, 0.29) is 0 Å². The van der Waals surface area contributed by atoms with Gasteiger partial charge in [-0.1, -0.05) is 0 Å². The van der Waals surface area contributed by atoms with Gasteiger partial charge in [-0.25, -0.2) is 0 Å². The van der Waals surface area contributed by atoms with Gasteiger partial charge >= 0.3 is 0 Å². The van der Waals surface area contributed by atoms with Crippen molar-refractivity contribution >= 4 is 0 Å². The molecule has 3 rings (SSSR count). The van der Waals surface area contributed by atoms with Crippen molar-refractivity contribution in [3.05, 3.63) is 36.8 Å². The average molecular weight is 212 g/mol. The Morgan fingerprint density at radius 3 is 2.69 bits per heavy atom. The molecule has 3 aromatic heterocycles. The van der Waals surface area contributed by atoms with Crippen molar-refractivity contribution in [3.8, 4) is 22.6 Å². The molecule has 2 N–H and O–H groups in total. The highest BCUT2D eigenvalue weighted by atomic mass is 15.5. The maximum Gasteiger partial charge on any atom is 0.220 e. The van der Waals surface area contributed by atoms with Crippen molar-refractivity contribution < 1.29 is 0 Å². The normalized spacial score (nSPS) is 10.5. The quantitative estimate of drug-likeness (QED) is 0.669. The minimum atomic E-state index is 0.556. The Kier molecular flexibility index (Phi) is 1.96. The summed E-state index contributed by atoms with van der Waals surface area (Å²) in [7, 11) is 0. The monoisotopic (exact) mass is 212 g/mol. The summed E-state index contributed by atoms with van der Waals surface area (Å²) in [6.07, 6.45) is 5.42. The Labute approximate surface area is 90.7 Å². The zero-order valence-corrected chi connectivity index (χ0v) is 8.25. The molecule has 6 heteroatoms. The molecule has 0 aliphatic heterocycles. The van der Waals surface area contributed by atoms with Crippen LogP contribution in [0.3, 0.4) is 0 Å². The molecule has 0 atom stereocenters. The van der Waals surface area contributed by atoms with E-state index >= 15 is 0 Å². The molecule has 0 bridgehead atoms. The number of nitrogens with one attached hydrogen (secondary N) is 2. The first-order valence-electron chi connectivity index (χ1n) is 4.76. The first-order chi connectivity index (χ1) is 7.93. The molecule has 0 saturated carbocycles. The lowest BCUT2D eigenvalue weighted by molar-refractivity contribution is 0.881. The second-order valence-corrected chi connectivity index (χ2v) is 3.27. The minimum absolute atomic E-state index is 0.556. The number of H-pyrrole nitrogens is 2. The van der Waals surface area contributed by atoms with E-state index in [0.29, 0.717) is 5.82 Å². The van der Waals surface area contributed by atoms with Gasteiger partial charge < -0.3 is 4.98 Å².